The molecule has 0 amide bonds. The maximum atomic E-state index is 14.0. The molecule has 112 valence electrons. The molecule has 1 atom stereocenters. The Hall–Kier alpha value is -1.87. The molecular weight excluding hydrogens is 265 g/mol. The van der Waals surface area contributed by atoms with Crippen molar-refractivity contribution in [3.05, 3.63) is 58.9 Å². The van der Waals surface area contributed by atoms with Crippen molar-refractivity contribution in [3.8, 4) is 11.5 Å². The molecule has 0 fully saturated rings. The molecule has 2 N–H and O–H groups in total. The molecule has 0 bridgehead atoms. The summed E-state index contributed by atoms with van der Waals surface area (Å²) in [6, 6.07) is 11.3. The van der Waals surface area contributed by atoms with Gasteiger partial charge in [0.15, 0.2) is 11.6 Å². The summed E-state index contributed by atoms with van der Waals surface area (Å²) >= 11 is 0. The Morgan fingerprint density at radius 2 is 1.86 bits per heavy atom. The molecule has 2 aromatic rings. The molecule has 2 rings (SSSR count). The summed E-state index contributed by atoms with van der Waals surface area (Å²) in [4.78, 5) is 0. The molecule has 2 nitrogen and oxygen atoms in total. The van der Waals surface area contributed by atoms with Crippen molar-refractivity contribution in [3.63, 3.8) is 0 Å². The van der Waals surface area contributed by atoms with Crippen LogP contribution in [0.3, 0.4) is 0 Å². The molecule has 3 heteroatoms. The topological polar surface area (TPSA) is 35.2 Å². The fraction of sp³-hybridized carbons (Fsp3) is 0.333. The average Bonchev–Trinajstić information content (AvgIpc) is 2.47. The molecule has 1 unspecified atom stereocenters. The van der Waals surface area contributed by atoms with Crippen molar-refractivity contribution in [2.45, 2.75) is 39.7 Å². The van der Waals surface area contributed by atoms with Crippen LogP contribution < -0.4 is 10.5 Å². The van der Waals surface area contributed by atoms with Gasteiger partial charge < -0.3 is 10.5 Å². The largest absolute Gasteiger partial charge is 0.454 e. The molecule has 0 spiro atoms. The van der Waals surface area contributed by atoms with Crippen LogP contribution in [0.2, 0.25) is 0 Å². The maximum absolute atomic E-state index is 14.0. The van der Waals surface area contributed by atoms with Gasteiger partial charge in [0.1, 0.15) is 5.75 Å². The Labute approximate surface area is 125 Å². The van der Waals surface area contributed by atoms with Crippen molar-refractivity contribution in [2.75, 3.05) is 0 Å². The summed E-state index contributed by atoms with van der Waals surface area (Å²) in [6.07, 6.45) is 1.72. The first-order chi connectivity index (χ1) is 10.0. The van der Waals surface area contributed by atoms with Crippen LogP contribution in [0.1, 0.15) is 30.0 Å². The Kier molecular flexibility index (Phi) is 4.97. The van der Waals surface area contributed by atoms with E-state index in [1.165, 1.54) is 0 Å². The van der Waals surface area contributed by atoms with Crippen LogP contribution in [0.15, 0.2) is 36.4 Å². The minimum atomic E-state index is -0.312. The SMILES string of the molecule is CCC(N)Cc1ccc(C)c(Oc2cccc(C)c2F)c1. The van der Waals surface area contributed by atoms with E-state index in [1.807, 2.05) is 25.1 Å². The third-order valence-corrected chi connectivity index (χ3v) is 3.65. The monoisotopic (exact) mass is 287 g/mol. The second-order valence-electron chi connectivity index (χ2n) is 5.46. The molecule has 0 aliphatic heterocycles. The van der Waals surface area contributed by atoms with Gasteiger partial charge in [-0.3, -0.25) is 0 Å². The highest BCUT2D eigenvalue weighted by Crippen LogP contribution is 2.29. The lowest BCUT2D eigenvalue weighted by Gasteiger charge is -2.14. The molecule has 0 aliphatic rings. The van der Waals surface area contributed by atoms with Crippen molar-refractivity contribution in [1.82, 2.24) is 0 Å². The predicted molar refractivity (Wildman–Crippen MR) is 84.4 cm³/mol. The second kappa shape index (κ2) is 6.72. The molecule has 0 saturated heterocycles. The first-order valence-electron chi connectivity index (χ1n) is 7.29. The van der Waals surface area contributed by atoms with Crippen LogP contribution in [0.25, 0.3) is 0 Å². The Bertz CT molecular complexity index is 625. The van der Waals surface area contributed by atoms with Gasteiger partial charge in [-0.05, 0) is 55.5 Å². The van der Waals surface area contributed by atoms with Gasteiger partial charge in [-0.2, -0.15) is 0 Å². The van der Waals surface area contributed by atoms with Gasteiger partial charge >= 0.3 is 0 Å². The van der Waals surface area contributed by atoms with Crippen LogP contribution >= 0.6 is 0 Å². The highest BCUT2D eigenvalue weighted by Gasteiger charge is 2.10. The quantitative estimate of drug-likeness (QED) is 0.877. The number of hydrogen-bond donors (Lipinski definition) is 1. The summed E-state index contributed by atoms with van der Waals surface area (Å²) in [5.41, 5.74) is 8.65. The number of nitrogens with two attached hydrogens (primary N) is 1. The minimum absolute atomic E-state index is 0.135. The fourth-order valence-corrected chi connectivity index (χ4v) is 2.15. The zero-order chi connectivity index (χ0) is 15.4. The molecule has 0 aromatic heterocycles. The highest BCUT2D eigenvalue weighted by molar-refractivity contribution is 5.41. The van der Waals surface area contributed by atoms with E-state index >= 15 is 0 Å². The Morgan fingerprint density at radius 1 is 1.10 bits per heavy atom. The van der Waals surface area contributed by atoms with Crippen LogP contribution in [-0.2, 0) is 6.42 Å². The number of halogens is 1. The maximum Gasteiger partial charge on any atom is 0.168 e. The summed E-state index contributed by atoms with van der Waals surface area (Å²) in [6.45, 7) is 5.75. The number of rotatable bonds is 5. The number of benzene rings is 2. The number of hydrogen-bond acceptors (Lipinski definition) is 2. The molecule has 0 heterocycles. The summed E-state index contributed by atoms with van der Waals surface area (Å²) < 4.78 is 19.8. The van der Waals surface area contributed by atoms with Gasteiger partial charge in [-0.25, -0.2) is 4.39 Å². The Morgan fingerprint density at radius 3 is 2.57 bits per heavy atom. The van der Waals surface area contributed by atoms with Gasteiger partial charge in [-0.1, -0.05) is 31.2 Å². The Balaban J connectivity index is 2.26. The van der Waals surface area contributed by atoms with Gasteiger partial charge in [0.2, 0.25) is 0 Å². The highest BCUT2D eigenvalue weighted by atomic mass is 19.1. The molecular formula is C18H22FNO. The van der Waals surface area contributed by atoms with E-state index in [0.29, 0.717) is 11.3 Å². The van der Waals surface area contributed by atoms with E-state index in [1.54, 1.807) is 25.1 Å². The minimum Gasteiger partial charge on any atom is -0.454 e. The summed E-state index contributed by atoms with van der Waals surface area (Å²) in [5.74, 6) is 0.628. The van der Waals surface area contributed by atoms with E-state index in [4.69, 9.17) is 10.5 Å². The third-order valence-electron chi connectivity index (χ3n) is 3.65. The number of ether oxygens (including phenoxy) is 1. The van der Waals surface area contributed by atoms with Crippen LogP contribution in [0.4, 0.5) is 4.39 Å². The zero-order valence-corrected chi connectivity index (χ0v) is 12.8. The van der Waals surface area contributed by atoms with E-state index in [9.17, 15) is 4.39 Å². The summed E-state index contributed by atoms with van der Waals surface area (Å²) in [7, 11) is 0. The van der Waals surface area contributed by atoms with Crippen molar-refractivity contribution < 1.29 is 9.13 Å². The van der Waals surface area contributed by atoms with E-state index in [-0.39, 0.29) is 17.6 Å². The summed E-state index contributed by atoms with van der Waals surface area (Å²) in [5, 5.41) is 0. The lowest BCUT2D eigenvalue weighted by atomic mass is 10.0. The predicted octanol–water partition coefficient (Wildman–Crippen LogP) is 4.51. The van der Waals surface area contributed by atoms with Crippen LogP contribution in [0, 0.1) is 19.7 Å². The van der Waals surface area contributed by atoms with Crippen molar-refractivity contribution in [2.24, 2.45) is 5.73 Å². The van der Waals surface area contributed by atoms with E-state index in [2.05, 4.69) is 6.92 Å². The average molecular weight is 287 g/mol. The van der Waals surface area contributed by atoms with E-state index in [0.717, 1.165) is 24.0 Å². The molecule has 0 saturated carbocycles. The van der Waals surface area contributed by atoms with Crippen molar-refractivity contribution >= 4 is 0 Å². The molecule has 2 aromatic carbocycles. The normalized spacial score (nSPS) is 12.2. The van der Waals surface area contributed by atoms with Crippen LogP contribution in [-0.4, -0.2) is 6.04 Å². The van der Waals surface area contributed by atoms with Crippen LogP contribution in [0.5, 0.6) is 11.5 Å². The molecule has 0 aliphatic carbocycles. The van der Waals surface area contributed by atoms with Gasteiger partial charge in [0.25, 0.3) is 0 Å². The third kappa shape index (κ3) is 3.82. The first-order valence-corrected chi connectivity index (χ1v) is 7.29. The fourth-order valence-electron chi connectivity index (χ4n) is 2.15. The smallest absolute Gasteiger partial charge is 0.168 e. The number of aryl methyl sites for hydroxylation is 2. The standard InChI is InChI=1S/C18H22FNO/c1-4-15(20)10-14-9-8-12(2)17(11-14)21-16-7-5-6-13(3)18(16)19/h5-9,11,15H,4,10,20H2,1-3H3. The second-order valence-corrected chi connectivity index (χ2v) is 5.46. The van der Waals surface area contributed by atoms with Gasteiger partial charge in [0, 0.05) is 6.04 Å². The lowest BCUT2D eigenvalue weighted by molar-refractivity contribution is 0.436. The van der Waals surface area contributed by atoms with Gasteiger partial charge in [0.05, 0.1) is 0 Å². The van der Waals surface area contributed by atoms with Gasteiger partial charge in [-0.15, -0.1) is 0 Å². The molecule has 21 heavy (non-hydrogen) atoms. The first kappa shape index (κ1) is 15.5. The van der Waals surface area contributed by atoms with Crippen molar-refractivity contribution in [1.29, 1.82) is 0 Å². The molecule has 0 radical (unpaired) electrons. The van der Waals surface area contributed by atoms with E-state index < -0.39 is 0 Å². The lowest BCUT2D eigenvalue weighted by Crippen LogP contribution is -2.21. The zero-order valence-electron chi connectivity index (χ0n) is 12.8.